The minimum absolute atomic E-state index is 0.129. The number of carbonyl (C=O) groups is 2. The van der Waals surface area contributed by atoms with Crippen molar-refractivity contribution in [2.24, 2.45) is 0 Å². The van der Waals surface area contributed by atoms with Crippen molar-refractivity contribution in [3.05, 3.63) is 65.2 Å². The van der Waals surface area contributed by atoms with E-state index < -0.39 is 0 Å². The number of benzene rings is 2. The van der Waals surface area contributed by atoms with E-state index >= 15 is 0 Å². The van der Waals surface area contributed by atoms with Gasteiger partial charge in [-0.2, -0.15) is 0 Å². The maximum absolute atomic E-state index is 12.5. The summed E-state index contributed by atoms with van der Waals surface area (Å²) in [5.74, 6) is -0.282. The first-order chi connectivity index (χ1) is 13.4. The molecular formula is C23H31N3O2. The van der Waals surface area contributed by atoms with E-state index in [-0.39, 0.29) is 24.3 Å². The number of amides is 2. The van der Waals surface area contributed by atoms with Gasteiger partial charge in [-0.1, -0.05) is 55.8 Å². The largest absolute Gasteiger partial charge is 0.349 e. The van der Waals surface area contributed by atoms with Crippen molar-refractivity contribution < 1.29 is 9.59 Å². The van der Waals surface area contributed by atoms with Gasteiger partial charge in [0.2, 0.25) is 11.8 Å². The van der Waals surface area contributed by atoms with Crippen molar-refractivity contribution in [3.63, 3.8) is 0 Å². The lowest BCUT2D eigenvalue weighted by Crippen LogP contribution is -2.29. The zero-order valence-corrected chi connectivity index (χ0v) is 17.3. The van der Waals surface area contributed by atoms with Crippen LogP contribution in [0.15, 0.2) is 48.5 Å². The number of carbonyl (C=O) groups excluding carboxylic acids is 2. The molecule has 150 valence electrons. The highest BCUT2D eigenvalue weighted by Crippen LogP contribution is 2.19. The molecule has 1 atom stereocenters. The van der Waals surface area contributed by atoms with Crippen molar-refractivity contribution in [2.75, 3.05) is 18.4 Å². The Kier molecular flexibility index (Phi) is 8.20. The average Bonchev–Trinajstić information content (AvgIpc) is 2.67. The van der Waals surface area contributed by atoms with E-state index in [0.717, 1.165) is 36.4 Å². The van der Waals surface area contributed by atoms with Crippen LogP contribution in [0.5, 0.6) is 0 Å². The molecule has 0 heterocycles. The van der Waals surface area contributed by atoms with Gasteiger partial charge in [0, 0.05) is 19.2 Å². The highest BCUT2D eigenvalue weighted by atomic mass is 16.2. The fourth-order valence-corrected chi connectivity index (χ4v) is 3.09. The molecule has 0 spiro atoms. The molecule has 0 aromatic heterocycles. The molecule has 0 saturated heterocycles. The van der Waals surface area contributed by atoms with Gasteiger partial charge in [0.1, 0.15) is 0 Å². The number of rotatable bonds is 9. The Morgan fingerprint density at radius 2 is 1.57 bits per heavy atom. The van der Waals surface area contributed by atoms with Gasteiger partial charge in [-0.15, -0.1) is 0 Å². The highest BCUT2D eigenvalue weighted by molar-refractivity contribution is 5.91. The van der Waals surface area contributed by atoms with E-state index in [1.807, 2.05) is 55.5 Å². The van der Waals surface area contributed by atoms with Crippen molar-refractivity contribution in [1.29, 1.82) is 0 Å². The number of nitrogens with zero attached hydrogens (tertiary/aromatic N) is 1. The third-order valence-electron chi connectivity index (χ3n) is 4.79. The molecule has 0 aliphatic heterocycles. The average molecular weight is 382 g/mol. The second-order valence-electron chi connectivity index (χ2n) is 7.07. The molecule has 2 rings (SSSR count). The molecule has 2 aromatic rings. The summed E-state index contributed by atoms with van der Waals surface area (Å²) in [4.78, 5) is 26.4. The molecule has 0 aliphatic rings. The quantitative estimate of drug-likeness (QED) is 0.689. The van der Waals surface area contributed by atoms with Crippen LogP contribution in [-0.4, -0.2) is 29.8 Å². The van der Waals surface area contributed by atoms with Gasteiger partial charge in [-0.25, -0.2) is 0 Å². The third kappa shape index (κ3) is 6.82. The smallest absolute Gasteiger partial charge is 0.226 e. The first-order valence-corrected chi connectivity index (χ1v) is 9.86. The molecule has 5 nitrogen and oxygen atoms in total. The van der Waals surface area contributed by atoms with Gasteiger partial charge in [0.25, 0.3) is 0 Å². The summed E-state index contributed by atoms with van der Waals surface area (Å²) in [6.45, 7) is 10.7. The molecule has 2 amide bonds. The fraction of sp³-hybridized carbons (Fsp3) is 0.391. The number of hydrogen-bond acceptors (Lipinski definition) is 3. The molecule has 2 N–H and O–H groups in total. The van der Waals surface area contributed by atoms with Crippen LogP contribution in [0.2, 0.25) is 0 Å². The Morgan fingerprint density at radius 3 is 2.11 bits per heavy atom. The molecule has 0 fully saturated rings. The standard InChI is InChI=1S/C23H31N3O2/c1-5-26(6-2)16-19-9-13-21(14-10-19)25-23(28)15-22(24-18(4)27)20-11-7-17(3)8-12-20/h7-14,22H,5-6,15-16H2,1-4H3,(H,24,27)(H,25,28)/t22-/m0/s1. The lowest BCUT2D eigenvalue weighted by atomic mass is 10.0. The third-order valence-corrected chi connectivity index (χ3v) is 4.79. The number of anilines is 1. The SMILES string of the molecule is CCN(CC)Cc1ccc(NC(=O)C[C@H](NC(C)=O)c2ccc(C)cc2)cc1. The number of hydrogen-bond donors (Lipinski definition) is 2. The lowest BCUT2D eigenvalue weighted by Gasteiger charge is -2.19. The predicted molar refractivity (Wildman–Crippen MR) is 114 cm³/mol. The van der Waals surface area contributed by atoms with E-state index in [1.165, 1.54) is 12.5 Å². The normalized spacial score (nSPS) is 11.9. The molecule has 0 saturated carbocycles. The zero-order valence-electron chi connectivity index (χ0n) is 17.3. The molecule has 28 heavy (non-hydrogen) atoms. The van der Waals surface area contributed by atoms with Gasteiger partial charge in [-0.3, -0.25) is 14.5 Å². The van der Waals surface area contributed by atoms with Crippen LogP contribution in [-0.2, 0) is 16.1 Å². The van der Waals surface area contributed by atoms with Crippen molar-refractivity contribution in [3.8, 4) is 0 Å². The summed E-state index contributed by atoms with van der Waals surface area (Å²) in [7, 11) is 0. The minimum Gasteiger partial charge on any atom is -0.349 e. The van der Waals surface area contributed by atoms with Crippen LogP contribution in [0.4, 0.5) is 5.69 Å². The second kappa shape index (κ2) is 10.6. The summed E-state index contributed by atoms with van der Waals surface area (Å²) in [6.07, 6.45) is 0.184. The van der Waals surface area contributed by atoms with Crippen LogP contribution in [0.25, 0.3) is 0 Å². The second-order valence-corrected chi connectivity index (χ2v) is 7.07. The van der Waals surface area contributed by atoms with Gasteiger partial charge >= 0.3 is 0 Å². The molecule has 0 radical (unpaired) electrons. The Morgan fingerprint density at radius 1 is 0.964 bits per heavy atom. The first kappa shape index (κ1) is 21.6. The van der Waals surface area contributed by atoms with Gasteiger partial charge in [0.15, 0.2) is 0 Å². The summed E-state index contributed by atoms with van der Waals surface area (Å²) in [5.41, 5.74) is 4.04. The van der Waals surface area contributed by atoms with Gasteiger partial charge in [-0.05, 0) is 43.3 Å². The topological polar surface area (TPSA) is 61.4 Å². The van der Waals surface area contributed by atoms with Crippen LogP contribution >= 0.6 is 0 Å². The summed E-state index contributed by atoms with van der Waals surface area (Å²) >= 11 is 0. The van der Waals surface area contributed by atoms with Crippen molar-refractivity contribution in [1.82, 2.24) is 10.2 Å². The zero-order chi connectivity index (χ0) is 20.5. The minimum atomic E-state index is -0.347. The summed E-state index contributed by atoms with van der Waals surface area (Å²) in [5, 5.41) is 5.80. The fourth-order valence-electron chi connectivity index (χ4n) is 3.09. The van der Waals surface area contributed by atoms with Gasteiger partial charge < -0.3 is 10.6 Å². The Bertz CT molecular complexity index is 765. The lowest BCUT2D eigenvalue weighted by molar-refractivity contribution is -0.120. The monoisotopic (exact) mass is 381 g/mol. The van der Waals surface area contributed by atoms with Crippen molar-refractivity contribution in [2.45, 2.75) is 46.7 Å². The van der Waals surface area contributed by atoms with Crippen LogP contribution in [0.1, 0.15) is 49.9 Å². The van der Waals surface area contributed by atoms with E-state index in [0.29, 0.717) is 0 Å². The molecule has 0 bridgehead atoms. The van der Waals surface area contributed by atoms with Crippen molar-refractivity contribution >= 4 is 17.5 Å². The van der Waals surface area contributed by atoms with E-state index in [1.54, 1.807) is 0 Å². The molecular weight excluding hydrogens is 350 g/mol. The molecule has 5 heteroatoms. The van der Waals surface area contributed by atoms with E-state index in [2.05, 4.69) is 29.4 Å². The first-order valence-electron chi connectivity index (χ1n) is 9.86. The van der Waals surface area contributed by atoms with E-state index in [4.69, 9.17) is 0 Å². The van der Waals surface area contributed by atoms with Crippen LogP contribution < -0.4 is 10.6 Å². The van der Waals surface area contributed by atoms with Crippen LogP contribution in [0.3, 0.4) is 0 Å². The Balaban J connectivity index is 1.99. The van der Waals surface area contributed by atoms with Crippen LogP contribution in [0, 0.1) is 6.92 Å². The number of nitrogens with one attached hydrogen (secondary N) is 2. The molecule has 0 aliphatic carbocycles. The summed E-state index contributed by atoms with van der Waals surface area (Å²) < 4.78 is 0. The van der Waals surface area contributed by atoms with E-state index in [9.17, 15) is 9.59 Å². The maximum atomic E-state index is 12.5. The highest BCUT2D eigenvalue weighted by Gasteiger charge is 2.17. The number of aryl methyl sites for hydroxylation is 1. The summed E-state index contributed by atoms with van der Waals surface area (Å²) in [6, 6.07) is 15.5. The Labute approximate surface area is 168 Å². The van der Waals surface area contributed by atoms with Gasteiger partial charge in [0.05, 0.1) is 12.5 Å². The molecule has 0 unspecified atom stereocenters. The molecule has 2 aromatic carbocycles. The Hall–Kier alpha value is -2.66. The predicted octanol–water partition coefficient (Wildman–Crippen LogP) is 4.04. The maximum Gasteiger partial charge on any atom is 0.226 e.